The van der Waals surface area contributed by atoms with E-state index in [4.69, 9.17) is 0 Å². The molecule has 3 nitrogen and oxygen atoms in total. The van der Waals surface area contributed by atoms with Crippen molar-refractivity contribution in [1.29, 1.82) is 0 Å². The van der Waals surface area contributed by atoms with Crippen molar-refractivity contribution in [2.24, 2.45) is 0 Å². The topological polar surface area (TPSA) is 38.3 Å². The van der Waals surface area contributed by atoms with Crippen LogP contribution in [0.2, 0.25) is 0 Å². The number of carbonyl (C=O) groups excluding carboxylic acids is 1. The maximum atomic E-state index is 12.7. The van der Waals surface area contributed by atoms with E-state index in [1.807, 2.05) is 0 Å². The SMILES string of the molecule is CCOC(=O)C1(NC)CC1(F)F. The zero-order chi connectivity index (χ0) is 9.41. The van der Waals surface area contributed by atoms with Gasteiger partial charge in [0, 0.05) is 6.42 Å². The van der Waals surface area contributed by atoms with Crippen molar-refractivity contribution < 1.29 is 18.3 Å². The van der Waals surface area contributed by atoms with Crippen LogP contribution in [0.4, 0.5) is 8.78 Å². The predicted molar refractivity (Wildman–Crippen MR) is 38.0 cm³/mol. The molecule has 5 heteroatoms. The maximum Gasteiger partial charge on any atom is 0.332 e. The zero-order valence-electron chi connectivity index (χ0n) is 6.99. The van der Waals surface area contributed by atoms with Gasteiger partial charge in [-0.2, -0.15) is 0 Å². The Morgan fingerprint density at radius 2 is 2.17 bits per heavy atom. The molecule has 0 radical (unpaired) electrons. The second-order valence-electron chi connectivity index (χ2n) is 2.76. The highest BCUT2D eigenvalue weighted by atomic mass is 19.3. The Kier molecular flexibility index (Phi) is 2.07. The number of ether oxygens (including phenoxy) is 1. The molecule has 12 heavy (non-hydrogen) atoms. The lowest BCUT2D eigenvalue weighted by Gasteiger charge is -2.12. The standard InChI is InChI=1S/C7H11F2NO2/c1-3-12-5(11)6(10-2)4-7(6,8)9/h10H,3-4H2,1-2H3. The van der Waals surface area contributed by atoms with Crippen LogP contribution in [0.3, 0.4) is 0 Å². The van der Waals surface area contributed by atoms with Gasteiger partial charge in [-0.25, -0.2) is 13.6 Å². The number of halogens is 2. The summed E-state index contributed by atoms with van der Waals surface area (Å²) in [6, 6.07) is 0. The van der Waals surface area contributed by atoms with Gasteiger partial charge in [0.25, 0.3) is 5.92 Å². The zero-order valence-corrected chi connectivity index (χ0v) is 6.99. The second-order valence-corrected chi connectivity index (χ2v) is 2.76. The number of rotatable bonds is 3. The van der Waals surface area contributed by atoms with E-state index in [1.165, 1.54) is 7.05 Å². The average Bonchev–Trinajstić information content (AvgIpc) is 2.55. The van der Waals surface area contributed by atoms with Gasteiger partial charge < -0.3 is 4.74 Å². The van der Waals surface area contributed by atoms with Gasteiger partial charge in [0.2, 0.25) is 0 Å². The van der Waals surface area contributed by atoms with Gasteiger partial charge in [0.1, 0.15) is 0 Å². The number of likely N-dealkylation sites (N-methyl/N-ethyl adjacent to an activating group) is 1. The predicted octanol–water partition coefficient (Wildman–Crippen LogP) is 0.547. The first-order chi connectivity index (χ1) is 5.50. The molecule has 1 aliphatic rings. The summed E-state index contributed by atoms with van der Waals surface area (Å²) in [5, 5.41) is 2.30. The Balaban J connectivity index is 2.66. The molecule has 1 aliphatic carbocycles. The van der Waals surface area contributed by atoms with E-state index in [0.29, 0.717) is 0 Å². The van der Waals surface area contributed by atoms with E-state index in [1.54, 1.807) is 6.92 Å². The summed E-state index contributed by atoms with van der Waals surface area (Å²) in [5.41, 5.74) is -1.75. The molecule has 1 saturated carbocycles. The van der Waals surface area contributed by atoms with Crippen molar-refractivity contribution in [2.75, 3.05) is 13.7 Å². The van der Waals surface area contributed by atoms with E-state index in [9.17, 15) is 13.6 Å². The number of nitrogens with one attached hydrogen (secondary N) is 1. The van der Waals surface area contributed by atoms with Crippen LogP contribution in [0.1, 0.15) is 13.3 Å². The highest BCUT2D eigenvalue weighted by Crippen LogP contribution is 2.53. The minimum atomic E-state index is -2.95. The van der Waals surface area contributed by atoms with Crippen molar-refractivity contribution in [1.82, 2.24) is 5.32 Å². The summed E-state index contributed by atoms with van der Waals surface area (Å²) < 4.78 is 29.8. The minimum Gasteiger partial charge on any atom is -0.464 e. The van der Waals surface area contributed by atoms with Crippen LogP contribution >= 0.6 is 0 Å². The van der Waals surface area contributed by atoms with Crippen molar-refractivity contribution in [3.05, 3.63) is 0 Å². The number of esters is 1. The molecule has 0 aromatic carbocycles. The van der Waals surface area contributed by atoms with E-state index in [0.717, 1.165) is 0 Å². The number of carbonyl (C=O) groups is 1. The fourth-order valence-corrected chi connectivity index (χ4v) is 1.14. The first-order valence-electron chi connectivity index (χ1n) is 3.74. The summed E-state index contributed by atoms with van der Waals surface area (Å²) in [4.78, 5) is 11.0. The summed E-state index contributed by atoms with van der Waals surface area (Å²) in [5.74, 6) is -3.81. The average molecular weight is 179 g/mol. The molecular weight excluding hydrogens is 168 g/mol. The molecule has 0 aromatic heterocycles. The number of alkyl halides is 2. The minimum absolute atomic E-state index is 0.123. The maximum absolute atomic E-state index is 12.7. The molecule has 0 aromatic rings. The van der Waals surface area contributed by atoms with E-state index < -0.39 is 23.9 Å². The smallest absolute Gasteiger partial charge is 0.332 e. The van der Waals surface area contributed by atoms with Crippen LogP contribution in [0.25, 0.3) is 0 Å². The molecule has 0 aliphatic heterocycles. The van der Waals surface area contributed by atoms with Gasteiger partial charge in [-0.15, -0.1) is 0 Å². The van der Waals surface area contributed by atoms with Crippen LogP contribution in [0.5, 0.6) is 0 Å². The molecule has 1 atom stereocenters. The van der Waals surface area contributed by atoms with Gasteiger partial charge in [-0.05, 0) is 14.0 Å². The summed E-state index contributed by atoms with van der Waals surface area (Å²) >= 11 is 0. The molecule has 1 N–H and O–H groups in total. The number of hydrogen-bond donors (Lipinski definition) is 1. The Morgan fingerprint density at radius 3 is 2.42 bits per heavy atom. The third kappa shape index (κ3) is 1.08. The van der Waals surface area contributed by atoms with Crippen LogP contribution in [-0.4, -0.2) is 31.1 Å². The van der Waals surface area contributed by atoms with Crippen molar-refractivity contribution in [2.45, 2.75) is 24.8 Å². The summed E-state index contributed by atoms with van der Waals surface area (Å²) in [6.45, 7) is 1.71. The van der Waals surface area contributed by atoms with Gasteiger partial charge in [0.05, 0.1) is 6.61 Å². The molecule has 0 bridgehead atoms. The molecule has 0 spiro atoms. The van der Waals surface area contributed by atoms with Gasteiger partial charge in [-0.3, -0.25) is 5.32 Å². The quantitative estimate of drug-likeness (QED) is 0.643. The molecule has 70 valence electrons. The molecule has 0 heterocycles. The third-order valence-corrected chi connectivity index (χ3v) is 2.04. The van der Waals surface area contributed by atoms with Crippen molar-refractivity contribution in [3.63, 3.8) is 0 Å². The van der Waals surface area contributed by atoms with Crippen LogP contribution in [0, 0.1) is 0 Å². The second kappa shape index (κ2) is 2.65. The fraction of sp³-hybridized carbons (Fsp3) is 0.857. The first-order valence-corrected chi connectivity index (χ1v) is 3.74. The fourth-order valence-electron chi connectivity index (χ4n) is 1.14. The molecule has 0 saturated heterocycles. The molecule has 1 rings (SSSR count). The third-order valence-electron chi connectivity index (χ3n) is 2.04. The van der Waals surface area contributed by atoms with Crippen molar-refractivity contribution >= 4 is 5.97 Å². The largest absolute Gasteiger partial charge is 0.464 e. The van der Waals surface area contributed by atoms with E-state index in [2.05, 4.69) is 10.1 Å². The molecule has 1 fully saturated rings. The first kappa shape index (κ1) is 9.38. The van der Waals surface area contributed by atoms with Crippen molar-refractivity contribution in [3.8, 4) is 0 Å². The van der Waals surface area contributed by atoms with Crippen LogP contribution in [-0.2, 0) is 9.53 Å². The van der Waals surface area contributed by atoms with E-state index in [-0.39, 0.29) is 6.61 Å². The van der Waals surface area contributed by atoms with Crippen LogP contribution in [0.15, 0.2) is 0 Å². The lowest BCUT2D eigenvalue weighted by atomic mass is 10.3. The van der Waals surface area contributed by atoms with Crippen LogP contribution < -0.4 is 5.32 Å². The Hall–Kier alpha value is -0.710. The van der Waals surface area contributed by atoms with Gasteiger partial charge in [-0.1, -0.05) is 0 Å². The van der Waals surface area contributed by atoms with Gasteiger partial charge >= 0.3 is 5.97 Å². The lowest BCUT2D eigenvalue weighted by Crippen LogP contribution is -2.43. The molecular formula is C7H11F2NO2. The normalized spacial score (nSPS) is 31.3. The Bertz CT molecular complexity index is 208. The Labute approximate surface area is 69.1 Å². The highest BCUT2D eigenvalue weighted by Gasteiger charge is 2.76. The Morgan fingerprint density at radius 1 is 1.67 bits per heavy atom. The summed E-state index contributed by atoms with van der Waals surface area (Å²) in [6.07, 6.45) is -0.463. The van der Waals surface area contributed by atoms with Gasteiger partial charge in [0.15, 0.2) is 5.54 Å². The summed E-state index contributed by atoms with van der Waals surface area (Å²) in [7, 11) is 1.33. The number of hydrogen-bond acceptors (Lipinski definition) is 3. The molecule has 0 amide bonds. The monoisotopic (exact) mass is 179 g/mol. The van der Waals surface area contributed by atoms with E-state index >= 15 is 0 Å². The molecule has 1 unspecified atom stereocenters. The lowest BCUT2D eigenvalue weighted by molar-refractivity contribution is -0.149. The highest BCUT2D eigenvalue weighted by molar-refractivity contribution is 5.86.